The maximum absolute atomic E-state index is 12.4. The van der Waals surface area contributed by atoms with Gasteiger partial charge >= 0.3 is 5.97 Å². The Morgan fingerprint density at radius 2 is 1.92 bits per heavy atom. The van der Waals surface area contributed by atoms with E-state index in [9.17, 15) is 4.79 Å². The van der Waals surface area contributed by atoms with Crippen molar-refractivity contribution >= 4 is 17.2 Å². The summed E-state index contributed by atoms with van der Waals surface area (Å²) in [5, 5.41) is 4.36. The number of benzene rings is 1. The lowest BCUT2D eigenvalue weighted by Crippen LogP contribution is -2.11. The van der Waals surface area contributed by atoms with Gasteiger partial charge in [0.25, 0.3) is 0 Å². The molecule has 0 saturated heterocycles. The van der Waals surface area contributed by atoms with Gasteiger partial charge in [-0.1, -0.05) is 30.7 Å². The maximum atomic E-state index is 12.4. The molecule has 0 unspecified atom stereocenters. The number of aromatic nitrogens is 3. The molecule has 5 heteroatoms. The zero-order valence-electron chi connectivity index (χ0n) is 15.7. The second-order valence-corrected chi connectivity index (χ2v) is 6.62. The lowest BCUT2D eigenvalue weighted by molar-refractivity contribution is 0.0504. The standard InChI is InChI=1S/C21H23N3O2/c1-6-7-26-21(25)17-11-22-24-12-18(23-20(24)19(17)13(2)3)16-9-14(4)8-15(5)10-16/h8-12H,2,6-7H2,1,3-5H3. The van der Waals surface area contributed by atoms with E-state index >= 15 is 0 Å². The highest BCUT2D eigenvalue weighted by molar-refractivity contribution is 5.97. The maximum Gasteiger partial charge on any atom is 0.340 e. The molecule has 134 valence electrons. The third kappa shape index (κ3) is 3.38. The number of esters is 1. The molecule has 26 heavy (non-hydrogen) atoms. The molecule has 0 fully saturated rings. The van der Waals surface area contributed by atoms with Gasteiger partial charge in [-0.3, -0.25) is 0 Å². The van der Waals surface area contributed by atoms with Gasteiger partial charge in [-0.25, -0.2) is 14.3 Å². The average Bonchev–Trinajstić information content (AvgIpc) is 3.01. The Labute approximate surface area is 153 Å². The highest BCUT2D eigenvalue weighted by Gasteiger charge is 2.20. The Kier molecular flexibility index (Phi) is 4.89. The Morgan fingerprint density at radius 1 is 1.23 bits per heavy atom. The second kappa shape index (κ2) is 7.12. The van der Waals surface area contributed by atoms with E-state index in [0.29, 0.717) is 23.4 Å². The van der Waals surface area contributed by atoms with Crippen molar-refractivity contribution in [3.63, 3.8) is 0 Å². The van der Waals surface area contributed by atoms with E-state index in [1.165, 1.54) is 17.3 Å². The van der Waals surface area contributed by atoms with Crippen molar-refractivity contribution in [3.05, 3.63) is 59.4 Å². The van der Waals surface area contributed by atoms with Crippen LogP contribution >= 0.6 is 0 Å². The van der Waals surface area contributed by atoms with E-state index in [0.717, 1.165) is 23.3 Å². The fraction of sp³-hybridized carbons (Fsp3) is 0.286. The van der Waals surface area contributed by atoms with E-state index in [1.807, 2.05) is 20.0 Å². The largest absolute Gasteiger partial charge is 0.462 e. The molecule has 0 bridgehead atoms. The van der Waals surface area contributed by atoms with Gasteiger partial charge in [-0.05, 0) is 44.9 Å². The van der Waals surface area contributed by atoms with Gasteiger partial charge in [0.05, 0.1) is 30.3 Å². The summed E-state index contributed by atoms with van der Waals surface area (Å²) in [6.45, 7) is 12.3. The molecule has 2 heterocycles. The molecule has 0 aliphatic carbocycles. The van der Waals surface area contributed by atoms with E-state index in [2.05, 4.69) is 43.7 Å². The molecule has 0 N–H and O–H groups in total. The molecule has 0 amide bonds. The molecule has 0 atom stereocenters. The van der Waals surface area contributed by atoms with Crippen molar-refractivity contribution in [2.24, 2.45) is 0 Å². The molecule has 2 aromatic heterocycles. The summed E-state index contributed by atoms with van der Waals surface area (Å²) in [7, 11) is 0. The zero-order chi connectivity index (χ0) is 18.8. The molecule has 0 spiro atoms. The molecule has 0 aliphatic rings. The van der Waals surface area contributed by atoms with Gasteiger partial charge in [0.15, 0.2) is 5.65 Å². The highest BCUT2D eigenvalue weighted by atomic mass is 16.5. The molecule has 3 aromatic rings. The molecule has 1 aromatic carbocycles. The topological polar surface area (TPSA) is 56.5 Å². The quantitative estimate of drug-likeness (QED) is 0.631. The van der Waals surface area contributed by atoms with Crippen LogP contribution in [0.1, 0.15) is 47.3 Å². The van der Waals surface area contributed by atoms with Crippen LogP contribution in [0, 0.1) is 13.8 Å². The van der Waals surface area contributed by atoms with Gasteiger partial charge < -0.3 is 4.74 Å². The van der Waals surface area contributed by atoms with Gasteiger partial charge in [-0.15, -0.1) is 0 Å². The fourth-order valence-corrected chi connectivity index (χ4v) is 3.04. The van der Waals surface area contributed by atoms with Crippen LogP contribution in [0.3, 0.4) is 0 Å². The predicted molar refractivity (Wildman–Crippen MR) is 103 cm³/mol. The number of hydrogen-bond donors (Lipinski definition) is 0. The normalized spacial score (nSPS) is 10.9. The molecule has 3 rings (SSSR count). The van der Waals surface area contributed by atoms with Gasteiger partial charge in [0, 0.05) is 11.1 Å². The summed E-state index contributed by atoms with van der Waals surface area (Å²) in [6, 6.07) is 6.30. The molecule has 0 radical (unpaired) electrons. The minimum absolute atomic E-state index is 0.377. The summed E-state index contributed by atoms with van der Waals surface area (Å²) in [6.07, 6.45) is 4.17. The molecule has 5 nitrogen and oxygen atoms in total. The average molecular weight is 349 g/mol. The number of carbonyl (C=O) groups is 1. The number of carbonyl (C=O) groups excluding carboxylic acids is 1. The Morgan fingerprint density at radius 3 is 2.54 bits per heavy atom. The number of nitrogens with zero attached hydrogens (tertiary/aromatic N) is 3. The number of ether oxygens (including phenoxy) is 1. The van der Waals surface area contributed by atoms with E-state index in [4.69, 9.17) is 9.72 Å². The van der Waals surface area contributed by atoms with Crippen LogP contribution in [0.5, 0.6) is 0 Å². The first kappa shape index (κ1) is 17.9. The summed E-state index contributed by atoms with van der Waals surface area (Å²) < 4.78 is 6.97. The van der Waals surface area contributed by atoms with Crippen molar-refractivity contribution in [1.29, 1.82) is 0 Å². The lowest BCUT2D eigenvalue weighted by atomic mass is 10.1. The van der Waals surface area contributed by atoms with Crippen LogP contribution in [-0.4, -0.2) is 27.2 Å². The van der Waals surface area contributed by atoms with Crippen LogP contribution in [-0.2, 0) is 4.74 Å². The number of rotatable bonds is 5. The van der Waals surface area contributed by atoms with Crippen LogP contribution in [0.2, 0.25) is 0 Å². The number of imidazole rings is 1. The SMILES string of the molecule is C=C(C)c1c(C(=O)OCCC)cnn2cc(-c3cc(C)cc(C)c3)nc12. The molecule has 0 saturated carbocycles. The number of fused-ring (bicyclic) bond motifs is 1. The van der Waals surface area contributed by atoms with Crippen LogP contribution < -0.4 is 0 Å². The van der Waals surface area contributed by atoms with Crippen molar-refractivity contribution in [3.8, 4) is 11.3 Å². The number of allylic oxidation sites excluding steroid dienone is 1. The number of aryl methyl sites for hydroxylation is 2. The third-order valence-electron chi connectivity index (χ3n) is 4.09. The lowest BCUT2D eigenvalue weighted by Gasteiger charge is -2.09. The first-order valence-corrected chi connectivity index (χ1v) is 8.70. The van der Waals surface area contributed by atoms with Gasteiger partial charge in [0.2, 0.25) is 0 Å². The summed E-state index contributed by atoms with van der Waals surface area (Å²) in [5.74, 6) is -0.393. The molecular formula is C21H23N3O2. The third-order valence-corrected chi connectivity index (χ3v) is 4.09. The summed E-state index contributed by atoms with van der Waals surface area (Å²) >= 11 is 0. The van der Waals surface area contributed by atoms with Crippen LogP contribution in [0.15, 0.2) is 37.2 Å². The predicted octanol–water partition coefficient (Wildman–Crippen LogP) is 4.61. The van der Waals surface area contributed by atoms with Crippen molar-refractivity contribution in [2.45, 2.75) is 34.1 Å². The fourth-order valence-electron chi connectivity index (χ4n) is 3.04. The van der Waals surface area contributed by atoms with Gasteiger partial charge in [0.1, 0.15) is 0 Å². The number of hydrogen-bond acceptors (Lipinski definition) is 4. The van der Waals surface area contributed by atoms with E-state index in [1.54, 1.807) is 4.52 Å². The first-order chi connectivity index (χ1) is 12.4. The van der Waals surface area contributed by atoms with Crippen molar-refractivity contribution in [1.82, 2.24) is 14.6 Å². The zero-order valence-corrected chi connectivity index (χ0v) is 15.7. The molecule has 0 aliphatic heterocycles. The van der Waals surface area contributed by atoms with Crippen molar-refractivity contribution < 1.29 is 9.53 Å². The highest BCUT2D eigenvalue weighted by Crippen LogP contribution is 2.27. The molecular weight excluding hydrogens is 326 g/mol. The van der Waals surface area contributed by atoms with Crippen LogP contribution in [0.4, 0.5) is 0 Å². The Bertz CT molecular complexity index is 982. The minimum atomic E-state index is -0.393. The summed E-state index contributed by atoms with van der Waals surface area (Å²) in [4.78, 5) is 17.1. The Balaban J connectivity index is 2.16. The second-order valence-electron chi connectivity index (χ2n) is 6.62. The summed E-state index contributed by atoms with van der Waals surface area (Å²) in [5.41, 5.74) is 6.62. The minimum Gasteiger partial charge on any atom is -0.462 e. The van der Waals surface area contributed by atoms with Crippen LogP contribution in [0.25, 0.3) is 22.5 Å². The Hall–Kier alpha value is -2.95. The van der Waals surface area contributed by atoms with E-state index < -0.39 is 5.97 Å². The van der Waals surface area contributed by atoms with E-state index in [-0.39, 0.29) is 0 Å². The van der Waals surface area contributed by atoms with Gasteiger partial charge in [-0.2, -0.15) is 5.10 Å². The van der Waals surface area contributed by atoms with Crippen molar-refractivity contribution in [2.75, 3.05) is 6.61 Å². The monoisotopic (exact) mass is 349 g/mol. The smallest absolute Gasteiger partial charge is 0.340 e. The first-order valence-electron chi connectivity index (χ1n) is 8.70.